The third-order valence-corrected chi connectivity index (χ3v) is 16.2. The minimum atomic E-state index is -0.749. The summed E-state index contributed by atoms with van der Waals surface area (Å²) in [6.07, 6.45) is 7.28. The number of likely N-dealkylation sites (tertiary alicyclic amines) is 2. The molecule has 3 fully saturated rings. The van der Waals surface area contributed by atoms with Crippen LogP contribution in [0.2, 0.25) is 0 Å². The van der Waals surface area contributed by atoms with Gasteiger partial charge in [0.1, 0.15) is 29.5 Å². The number of imidazole rings is 2. The number of nitrogens with one attached hydrogen (secondary N) is 4. The number of nitrogens with zero attached hydrogens (tertiary/aromatic N) is 5. The SMILES string of the molecule is CCc1ccc(C2Oc3cc(-c4cnc([C@@H]5CCCN5C(=O)[C@@H](NC(=O)OC)C5CC(C)OC(C)C5)[nH]4)cc(C)c3-c3cc4cc(-c5cnc([C@@H]6CCCN6C(=O)[C@@H](NC(=O)OC)C(C)C)[nH]5)ccc4n32)s1. The number of benzene rings is 2. The van der Waals surface area contributed by atoms with Gasteiger partial charge < -0.3 is 49.3 Å². The smallest absolute Gasteiger partial charge is 0.407 e. The molecule has 10 rings (SSSR count). The maximum Gasteiger partial charge on any atom is 0.407 e. The van der Waals surface area contributed by atoms with Crippen molar-refractivity contribution in [2.45, 2.75) is 129 Å². The molecule has 4 amide bonds. The first-order valence-electron chi connectivity index (χ1n) is 25.3. The van der Waals surface area contributed by atoms with Crippen LogP contribution >= 0.6 is 11.3 Å². The normalized spacial score (nSPS) is 22.6. The molecule has 3 saturated heterocycles. The molecular formula is C54H65N9O8S. The first-order chi connectivity index (χ1) is 34.7. The molecule has 4 N–H and O–H groups in total. The Kier molecular flexibility index (Phi) is 13.7. The van der Waals surface area contributed by atoms with E-state index < -0.39 is 30.5 Å². The van der Waals surface area contributed by atoms with E-state index in [0.717, 1.165) is 93.0 Å². The van der Waals surface area contributed by atoms with Gasteiger partial charge in [0.05, 0.1) is 78.4 Å². The molecule has 7 atom stereocenters. The Morgan fingerprint density at radius 3 is 2.08 bits per heavy atom. The maximum atomic E-state index is 14.5. The minimum Gasteiger partial charge on any atom is -0.464 e. The van der Waals surface area contributed by atoms with Crippen LogP contribution in [0, 0.1) is 18.8 Å². The van der Waals surface area contributed by atoms with Crippen LogP contribution in [0.25, 0.3) is 44.7 Å². The van der Waals surface area contributed by atoms with E-state index >= 15 is 0 Å². The number of hydrogen-bond donors (Lipinski definition) is 4. The molecule has 0 saturated carbocycles. The average molecular weight is 1000 g/mol. The first kappa shape index (κ1) is 48.9. The predicted octanol–water partition coefficient (Wildman–Crippen LogP) is 9.60. The summed E-state index contributed by atoms with van der Waals surface area (Å²) in [7, 11) is 2.61. The quantitative estimate of drug-likeness (QED) is 0.0916. The van der Waals surface area contributed by atoms with Crippen LogP contribution in [0.15, 0.2) is 60.9 Å². The number of aromatic nitrogens is 5. The number of carbonyl (C=O) groups excluding carboxylic acids is 4. The molecule has 17 nitrogen and oxygen atoms in total. The van der Waals surface area contributed by atoms with Crippen molar-refractivity contribution in [1.29, 1.82) is 0 Å². The van der Waals surface area contributed by atoms with Crippen molar-refractivity contribution >= 4 is 46.2 Å². The van der Waals surface area contributed by atoms with E-state index in [1.165, 1.54) is 19.1 Å². The lowest BCUT2D eigenvalue weighted by molar-refractivity contribution is -0.138. The molecule has 4 aliphatic heterocycles. The molecule has 0 bridgehead atoms. The fourth-order valence-corrected chi connectivity index (χ4v) is 12.5. The Bertz CT molecular complexity index is 3000. The number of ether oxygens (including phenoxy) is 4. The van der Waals surface area contributed by atoms with Crippen molar-refractivity contribution in [3.8, 4) is 39.5 Å². The molecule has 380 valence electrons. The maximum absolute atomic E-state index is 14.5. The van der Waals surface area contributed by atoms with Gasteiger partial charge in [-0.05, 0) is 126 Å². The standard InChI is InChI=1S/C54H65N9O8S/c1-9-36-15-17-44(72-36)52-63-39-16-14-32(37-26-55-48(57-37)40-12-10-18-61(40)50(64)46(28(2)3)59-53(66)68-7)23-34(39)24-42(63)45-29(4)20-33(25-43(45)71-52)38-27-56-49(58-38)41-13-11-19-62(41)51(65)47(60-54(67)69-8)35-21-30(5)70-31(6)22-35/h14-17,20,23-28,30-31,35,40-41,46-47,52H,9-13,18-19,21-22H2,1-8H3,(H,55,57)(H,56,58)(H,59,66)(H,60,67)/t30?,31?,35?,40-,41-,46-,47-,52?/m0/s1. The molecule has 0 aliphatic carbocycles. The lowest BCUT2D eigenvalue weighted by atomic mass is 9.85. The summed E-state index contributed by atoms with van der Waals surface area (Å²) in [5.41, 5.74) is 7.64. The van der Waals surface area contributed by atoms with Crippen LogP contribution in [0.4, 0.5) is 9.59 Å². The number of aromatic amines is 2. The summed E-state index contributed by atoms with van der Waals surface area (Å²) in [5.74, 6) is 1.65. The second kappa shape index (κ2) is 20.1. The van der Waals surface area contributed by atoms with Crippen molar-refractivity contribution in [3.63, 3.8) is 0 Å². The zero-order valence-electron chi connectivity index (χ0n) is 42.2. The summed E-state index contributed by atoms with van der Waals surface area (Å²) in [5, 5.41) is 6.66. The zero-order chi connectivity index (χ0) is 50.5. The molecule has 3 unspecified atom stereocenters. The largest absolute Gasteiger partial charge is 0.464 e. The summed E-state index contributed by atoms with van der Waals surface area (Å²) in [6.45, 7) is 13.2. The minimum absolute atomic E-state index is 0.0354. The topological polar surface area (TPSA) is 198 Å². The molecule has 18 heteroatoms. The van der Waals surface area contributed by atoms with Crippen LogP contribution in [-0.2, 0) is 30.2 Å². The van der Waals surface area contributed by atoms with Gasteiger partial charge in [-0.3, -0.25) is 14.2 Å². The molecule has 72 heavy (non-hydrogen) atoms. The van der Waals surface area contributed by atoms with Crippen LogP contribution < -0.4 is 15.4 Å². The molecule has 2 aromatic carbocycles. The summed E-state index contributed by atoms with van der Waals surface area (Å²) in [6, 6.07) is 15.3. The highest BCUT2D eigenvalue weighted by molar-refractivity contribution is 7.12. The van der Waals surface area contributed by atoms with Gasteiger partial charge in [0.15, 0.2) is 0 Å². The zero-order valence-corrected chi connectivity index (χ0v) is 43.1. The number of alkyl carbamates (subject to hydrolysis) is 2. The Hall–Kier alpha value is -6.66. The molecule has 0 spiro atoms. The van der Waals surface area contributed by atoms with Crippen LogP contribution in [0.1, 0.15) is 118 Å². The van der Waals surface area contributed by atoms with Crippen LogP contribution in [0.5, 0.6) is 5.75 Å². The van der Waals surface area contributed by atoms with E-state index in [1.54, 1.807) is 11.3 Å². The number of aryl methyl sites for hydroxylation is 2. The van der Waals surface area contributed by atoms with E-state index in [-0.39, 0.29) is 47.9 Å². The van der Waals surface area contributed by atoms with Gasteiger partial charge in [0.25, 0.3) is 0 Å². The lowest BCUT2D eigenvalue weighted by Crippen LogP contribution is -2.54. The van der Waals surface area contributed by atoms with E-state index in [1.807, 2.05) is 49.9 Å². The van der Waals surface area contributed by atoms with Gasteiger partial charge in [-0.1, -0.05) is 26.8 Å². The highest BCUT2D eigenvalue weighted by Gasteiger charge is 2.43. The van der Waals surface area contributed by atoms with Gasteiger partial charge in [-0.25, -0.2) is 19.6 Å². The van der Waals surface area contributed by atoms with Crippen molar-refractivity contribution in [1.82, 2.24) is 44.9 Å². The predicted molar refractivity (Wildman–Crippen MR) is 273 cm³/mol. The van der Waals surface area contributed by atoms with Gasteiger partial charge in [-0.15, -0.1) is 11.3 Å². The fourth-order valence-electron chi connectivity index (χ4n) is 11.5. The van der Waals surface area contributed by atoms with Crippen molar-refractivity contribution in [2.75, 3.05) is 27.3 Å². The van der Waals surface area contributed by atoms with Gasteiger partial charge in [0.2, 0.25) is 18.0 Å². The van der Waals surface area contributed by atoms with E-state index in [9.17, 15) is 19.2 Å². The number of amides is 4. The first-order valence-corrected chi connectivity index (χ1v) is 26.2. The highest BCUT2D eigenvalue weighted by atomic mass is 32.1. The average Bonchev–Trinajstić information content (AvgIpc) is 4.23. The molecule has 4 aliphatic rings. The second-order valence-corrected chi connectivity index (χ2v) is 21.4. The van der Waals surface area contributed by atoms with E-state index in [4.69, 9.17) is 28.9 Å². The molecular weight excluding hydrogens is 935 g/mol. The van der Waals surface area contributed by atoms with Crippen molar-refractivity contribution in [3.05, 3.63) is 87.9 Å². The molecule has 0 radical (unpaired) electrons. The number of hydrogen-bond acceptors (Lipinski definition) is 11. The Balaban J connectivity index is 0.946. The second-order valence-electron chi connectivity index (χ2n) is 20.2. The van der Waals surface area contributed by atoms with Gasteiger partial charge in [0, 0.05) is 40.0 Å². The third kappa shape index (κ3) is 9.23. The number of fused-ring (bicyclic) bond motifs is 5. The lowest BCUT2D eigenvalue weighted by Gasteiger charge is -2.38. The molecule has 6 aromatic rings. The number of thiophene rings is 1. The number of H-pyrrole nitrogens is 2. The van der Waals surface area contributed by atoms with Gasteiger partial charge in [-0.2, -0.15) is 0 Å². The fraction of sp³-hybridized carbons (Fsp3) is 0.481. The molecule has 4 aromatic heterocycles. The number of methoxy groups -OCH3 is 2. The van der Waals surface area contributed by atoms with Crippen molar-refractivity contribution in [2.24, 2.45) is 11.8 Å². The summed E-state index contributed by atoms with van der Waals surface area (Å²) < 4.78 is 25.2. The highest BCUT2D eigenvalue weighted by Crippen LogP contribution is 2.49. The molecule has 8 heterocycles. The van der Waals surface area contributed by atoms with E-state index in [0.29, 0.717) is 37.6 Å². The number of rotatable bonds is 12. The van der Waals surface area contributed by atoms with Gasteiger partial charge >= 0.3 is 12.2 Å². The summed E-state index contributed by atoms with van der Waals surface area (Å²) >= 11 is 1.76. The third-order valence-electron chi connectivity index (χ3n) is 15.0. The summed E-state index contributed by atoms with van der Waals surface area (Å²) in [4.78, 5) is 76.0. The van der Waals surface area contributed by atoms with Crippen LogP contribution in [0.3, 0.4) is 0 Å². The van der Waals surface area contributed by atoms with Crippen molar-refractivity contribution < 1.29 is 38.1 Å². The van der Waals surface area contributed by atoms with E-state index in [2.05, 4.69) is 87.5 Å². The Labute approximate surface area is 423 Å². The Morgan fingerprint density at radius 1 is 0.819 bits per heavy atom. The number of carbonyl (C=O) groups is 4. The van der Waals surface area contributed by atoms with Crippen LogP contribution in [-0.4, -0.2) is 110 Å². The Morgan fingerprint density at radius 2 is 1.46 bits per heavy atom. The monoisotopic (exact) mass is 999 g/mol.